The van der Waals surface area contributed by atoms with Gasteiger partial charge >= 0.3 is 0 Å². The van der Waals surface area contributed by atoms with Gasteiger partial charge < -0.3 is 10.1 Å². The molecule has 5 heteroatoms. The average molecular weight is 323 g/mol. The summed E-state index contributed by atoms with van der Waals surface area (Å²) in [6.07, 6.45) is 0. The number of hydrogen-bond donors (Lipinski definition) is 1. The lowest BCUT2D eigenvalue weighted by molar-refractivity contribution is 0.419. The summed E-state index contributed by atoms with van der Waals surface area (Å²) in [7, 11) is 1.60. The first-order valence-electron chi connectivity index (χ1n) is 7.84. The Balaban J connectivity index is 2.37. The van der Waals surface area contributed by atoms with E-state index < -0.39 is 0 Å². The number of hydrogen-bond acceptors (Lipinski definition) is 4. The highest BCUT2D eigenvalue weighted by atomic mass is 16.5. The number of para-hydroxylation sites is 1. The Morgan fingerprint density at radius 2 is 1.75 bits per heavy atom. The molecule has 0 saturated heterocycles. The van der Waals surface area contributed by atoms with E-state index in [0.29, 0.717) is 22.3 Å². The van der Waals surface area contributed by atoms with Crippen LogP contribution in [0.1, 0.15) is 20.8 Å². The van der Waals surface area contributed by atoms with Gasteiger partial charge in [-0.1, -0.05) is 24.3 Å². The molecule has 1 aromatic heterocycles. The fourth-order valence-corrected chi connectivity index (χ4v) is 2.62. The predicted molar refractivity (Wildman–Crippen MR) is 97.3 cm³/mol. The molecule has 2 aromatic carbocycles. The van der Waals surface area contributed by atoms with Crippen LogP contribution in [-0.4, -0.2) is 22.4 Å². The molecule has 0 unspecified atom stereocenters. The summed E-state index contributed by atoms with van der Waals surface area (Å²) in [4.78, 5) is 12.9. The summed E-state index contributed by atoms with van der Waals surface area (Å²) in [5.74, 6) is 1.25. The molecule has 0 aliphatic rings. The fraction of sp³-hybridized carbons (Fsp3) is 0.263. The normalized spacial score (nSPS) is 11.5. The van der Waals surface area contributed by atoms with Gasteiger partial charge in [-0.25, -0.2) is 0 Å². The van der Waals surface area contributed by atoms with E-state index in [4.69, 9.17) is 4.74 Å². The van der Waals surface area contributed by atoms with Crippen molar-refractivity contribution in [2.75, 3.05) is 12.4 Å². The standard InChI is InChI=1S/C19H21N3O2/c1-19(2,3)20-17-16-14(11-8-12-15(16)24-4)18(23)22(21-17)13-9-6-5-7-10-13/h5-12H,1-4H3,(H,20,21). The second-order valence-corrected chi connectivity index (χ2v) is 6.66. The van der Waals surface area contributed by atoms with E-state index in [1.54, 1.807) is 13.2 Å². The molecule has 1 heterocycles. The lowest BCUT2D eigenvalue weighted by Gasteiger charge is -2.23. The zero-order chi connectivity index (χ0) is 17.3. The van der Waals surface area contributed by atoms with Gasteiger partial charge in [0.1, 0.15) is 5.75 Å². The Labute approximate surface area is 140 Å². The minimum atomic E-state index is -0.209. The summed E-state index contributed by atoms with van der Waals surface area (Å²) in [5, 5.41) is 9.23. The minimum absolute atomic E-state index is 0.172. The number of fused-ring (bicyclic) bond motifs is 1. The lowest BCUT2D eigenvalue weighted by Crippen LogP contribution is -2.30. The van der Waals surface area contributed by atoms with Gasteiger partial charge in [0.15, 0.2) is 5.82 Å². The molecule has 0 atom stereocenters. The van der Waals surface area contributed by atoms with Gasteiger partial charge in [0.25, 0.3) is 5.56 Å². The van der Waals surface area contributed by atoms with E-state index in [2.05, 4.69) is 10.4 Å². The van der Waals surface area contributed by atoms with E-state index in [1.807, 2.05) is 63.2 Å². The van der Waals surface area contributed by atoms with Crippen LogP contribution in [0.4, 0.5) is 5.82 Å². The summed E-state index contributed by atoms with van der Waals surface area (Å²) in [6, 6.07) is 14.9. The topological polar surface area (TPSA) is 56.2 Å². The largest absolute Gasteiger partial charge is 0.496 e. The number of ether oxygens (including phenoxy) is 1. The SMILES string of the molecule is COc1cccc2c(=O)n(-c3ccccc3)nc(NC(C)(C)C)c12. The highest BCUT2D eigenvalue weighted by molar-refractivity contribution is 5.96. The molecular formula is C19H21N3O2. The van der Waals surface area contributed by atoms with Crippen molar-refractivity contribution in [1.29, 1.82) is 0 Å². The van der Waals surface area contributed by atoms with Crippen LogP contribution in [0.2, 0.25) is 0 Å². The third kappa shape index (κ3) is 2.97. The van der Waals surface area contributed by atoms with E-state index >= 15 is 0 Å². The Bertz CT molecular complexity index is 925. The van der Waals surface area contributed by atoms with E-state index in [9.17, 15) is 4.79 Å². The summed E-state index contributed by atoms with van der Waals surface area (Å²) in [5.41, 5.74) is 0.346. The zero-order valence-electron chi connectivity index (χ0n) is 14.3. The maximum atomic E-state index is 12.9. The number of anilines is 1. The molecule has 3 aromatic rings. The van der Waals surface area contributed by atoms with Crippen LogP contribution in [0.3, 0.4) is 0 Å². The van der Waals surface area contributed by atoms with Gasteiger partial charge in [-0.2, -0.15) is 4.68 Å². The monoisotopic (exact) mass is 323 g/mol. The number of methoxy groups -OCH3 is 1. The van der Waals surface area contributed by atoms with Crippen molar-refractivity contribution in [3.8, 4) is 11.4 Å². The zero-order valence-corrected chi connectivity index (χ0v) is 14.3. The Morgan fingerprint density at radius 3 is 2.38 bits per heavy atom. The highest BCUT2D eigenvalue weighted by Crippen LogP contribution is 2.30. The molecule has 0 saturated carbocycles. The molecule has 0 radical (unpaired) electrons. The molecule has 124 valence electrons. The summed E-state index contributed by atoms with van der Waals surface area (Å²) >= 11 is 0. The van der Waals surface area contributed by atoms with Crippen molar-refractivity contribution in [3.05, 3.63) is 58.9 Å². The van der Waals surface area contributed by atoms with Crippen molar-refractivity contribution in [2.45, 2.75) is 26.3 Å². The van der Waals surface area contributed by atoms with Crippen molar-refractivity contribution in [2.24, 2.45) is 0 Å². The third-order valence-electron chi connectivity index (χ3n) is 3.60. The Kier molecular flexibility index (Phi) is 4.01. The molecule has 0 bridgehead atoms. The average Bonchev–Trinajstić information content (AvgIpc) is 2.56. The molecule has 0 fully saturated rings. The molecule has 0 aliphatic heterocycles. The molecule has 0 spiro atoms. The molecule has 3 rings (SSSR count). The first kappa shape index (κ1) is 16.1. The van der Waals surface area contributed by atoms with E-state index in [-0.39, 0.29) is 11.1 Å². The molecule has 24 heavy (non-hydrogen) atoms. The van der Waals surface area contributed by atoms with Crippen molar-refractivity contribution in [3.63, 3.8) is 0 Å². The molecule has 5 nitrogen and oxygen atoms in total. The summed E-state index contributed by atoms with van der Waals surface area (Å²) < 4.78 is 6.88. The maximum absolute atomic E-state index is 12.9. The first-order chi connectivity index (χ1) is 11.4. The number of nitrogens with one attached hydrogen (secondary N) is 1. The van der Waals surface area contributed by atoms with Gasteiger partial charge in [-0.3, -0.25) is 4.79 Å². The van der Waals surface area contributed by atoms with Crippen LogP contribution >= 0.6 is 0 Å². The first-order valence-corrected chi connectivity index (χ1v) is 7.84. The minimum Gasteiger partial charge on any atom is -0.496 e. The van der Waals surface area contributed by atoms with Gasteiger partial charge in [-0.15, -0.1) is 5.10 Å². The van der Waals surface area contributed by atoms with Crippen LogP contribution in [-0.2, 0) is 0 Å². The number of aromatic nitrogens is 2. The number of benzene rings is 2. The van der Waals surface area contributed by atoms with E-state index in [0.717, 1.165) is 5.69 Å². The number of nitrogens with zero attached hydrogens (tertiary/aromatic N) is 2. The second-order valence-electron chi connectivity index (χ2n) is 6.66. The smallest absolute Gasteiger partial charge is 0.279 e. The van der Waals surface area contributed by atoms with Crippen LogP contribution < -0.4 is 15.6 Å². The summed E-state index contributed by atoms with van der Waals surface area (Å²) in [6.45, 7) is 6.15. The number of rotatable bonds is 3. The predicted octanol–water partition coefficient (Wildman–Crippen LogP) is 3.60. The lowest BCUT2D eigenvalue weighted by atomic mass is 10.1. The quantitative estimate of drug-likeness (QED) is 0.800. The highest BCUT2D eigenvalue weighted by Gasteiger charge is 2.19. The van der Waals surface area contributed by atoms with Gasteiger partial charge in [0.05, 0.1) is 23.6 Å². The molecule has 1 N–H and O–H groups in total. The van der Waals surface area contributed by atoms with Crippen molar-refractivity contribution in [1.82, 2.24) is 9.78 Å². The van der Waals surface area contributed by atoms with Crippen LogP contribution in [0.25, 0.3) is 16.5 Å². The van der Waals surface area contributed by atoms with Crippen LogP contribution in [0.5, 0.6) is 5.75 Å². The fourth-order valence-electron chi connectivity index (χ4n) is 2.62. The van der Waals surface area contributed by atoms with Gasteiger partial charge in [0, 0.05) is 5.54 Å². The van der Waals surface area contributed by atoms with Crippen molar-refractivity contribution < 1.29 is 4.74 Å². The van der Waals surface area contributed by atoms with Gasteiger partial charge in [-0.05, 0) is 45.0 Å². The Morgan fingerprint density at radius 1 is 1.04 bits per heavy atom. The van der Waals surface area contributed by atoms with E-state index in [1.165, 1.54) is 4.68 Å². The van der Waals surface area contributed by atoms with Crippen LogP contribution in [0, 0.1) is 0 Å². The molecular weight excluding hydrogens is 302 g/mol. The third-order valence-corrected chi connectivity index (χ3v) is 3.60. The maximum Gasteiger partial charge on any atom is 0.279 e. The second kappa shape index (κ2) is 6.00. The molecule has 0 aliphatic carbocycles. The molecule has 0 amide bonds. The van der Waals surface area contributed by atoms with Crippen molar-refractivity contribution >= 4 is 16.6 Å². The van der Waals surface area contributed by atoms with Gasteiger partial charge in [0.2, 0.25) is 0 Å². The van der Waals surface area contributed by atoms with Crippen LogP contribution in [0.15, 0.2) is 53.3 Å². The Hall–Kier alpha value is -2.82.